The number of hydrogen-bond acceptors (Lipinski definition) is 5. The summed E-state index contributed by atoms with van der Waals surface area (Å²) in [6, 6.07) is 6.21. The average Bonchev–Trinajstić information content (AvgIpc) is 3.34. The first-order valence-electron chi connectivity index (χ1n) is 11.0. The zero-order chi connectivity index (χ0) is 20.0. The lowest BCUT2D eigenvalue weighted by atomic mass is 9.86. The van der Waals surface area contributed by atoms with E-state index in [4.69, 9.17) is 9.47 Å². The Morgan fingerprint density at radius 3 is 2.57 bits per heavy atom. The monoisotopic (exact) mass is 390 g/mol. The Kier molecular flexibility index (Phi) is 7.61. The number of aliphatic hydroxyl groups is 1. The van der Waals surface area contributed by atoms with Crippen LogP contribution < -0.4 is 9.47 Å². The van der Waals surface area contributed by atoms with Crippen molar-refractivity contribution in [3.8, 4) is 11.5 Å². The normalized spacial score (nSPS) is 20.2. The first-order chi connectivity index (χ1) is 13.6. The van der Waals surface area contributed by atoms with Gasteiger partial charge in [-0.25, -0.2) is 0 Å². The quantitative estimate of drug-likeness (QED) is 0.662. The molecule has 1 atom stereocenters. The van der Waals surface area contributed by atoms with Gasteiger partial charge >= 0.3 is 0 Å². The molecule has 1 aromatic rings. The minimum atomic E-state index is -0.503. The number of rotatable bonds is 10. The topological polar surface area (TPSA) is 45.2 Å². The van der Waals surface area contributed by atoms with Crippen molar-refractivity contribution in [1.29, 1.82) is 0 Å². The van der Waals surface area contributed by atoms with Crippen LogP contribution in [0.3, 0.4) is 0 Å². The van der Waals surface area contributed by atoms with E-state index in [-0.39, 0.29) is 6.61 Å². The second-order valence-electron chi connectivity index (χ2n) is 8.60. The van der Waals surface area contributed by atoms with Crippen LogP contribution in [0.25, 0.3) is 0 Å². The zero-order valence-electron chi connectivity index (χ0n) is 18.0. The maximum atomic E-state index is 10.2. The predicted molar refractivity (Wildman–Crippen MR) is 113 cm³/mol. The van der Waals surface area contributed by atoms with Crippen molar-refractivity contribution in [3.05, 3.63) is 23.8 Å². The van der Waals surface area contributed by atoms with Crippen LogP contribution in [-0.2, 0) is 6.54 Å². The molecular formula is C23H38N2O3. The first-order valence-corrected chi connectivity index (χ1v) is 11.0. The summed E-state index contributed by atoms with van der Waals surface area (Å²) in [7, 11) is 1.68. The molecule has 5 nitrogen and oxygen atoms in total. The number of benzene rings is 1. The highest BCUT2D eigenvalue weighted by Gasteiger charge is 2.39. The molecule has 1 N–H and O–H groups in total. The number of methoxy groups -OCH3 is 1. The molecule has 2 fully saturated rings. The molecule has 0 unspecified atom stereocenters. The summed E-state index contributed by atoms with van der Waals surface area (Å²) in [6.07, 6.45) is 6.50. The van der Waals surface area contributed by atoms with E-state index in [1.54, 1.807) is 7.11 Å². The third-order valence-corrected chi connectivity index (χ3v) is 6.61. The number of ether oxygens (including phenoxy) is 2. The van der Waals surface area contributed by atoms with E-state index >= 15 is 0 Å². The molecule has 3 rings (SSSR count). The molecule has 5 heteroatoms. The van der Waals surface area contributed by atoms with Crippen molar-refractivity contribution in [2.75, 3.05) is 46.4 Å². The number of hydrogen-bond donors (Lipinski definition) is 1. The fourth-order valence-electron chi connectivity index (χ4n) is 4.90. The minimum absolute atomic E-state index is 0.279. The molecule has 1 aromatic carbocycles. The lowest BCUT2D eigenvalue weighted by Crippen LogP contribution is -2.35. The van der Waals surface area contributed by atoms with Crippen molar-refractivity contribution in [2.24, 2.45) is 5.41 Å². The fraction of sp³-hybridized carbons (Fsp3) is 0.739. The van der Waals surface area contributed by atoms with E-state index < -0.39 is 6.10 Å². The molecule has 1 aliphatic carbocycles. The molecule has 1 aliphatic heterocycles. The van der Waals surface area contributed by atoms with Gasteiger partial charge in [-0.05, 0) is 62.0 Å². The fourth-order valence-corrected chi connectivity index (χ4v) is 4.90. The molecule has 158 valence electrons. The van der Waals surface area contributed by atoms with Crippen LogP contribution in [0.2, 0.25) is 0 Å². The summed E-state index contributed by atoms with van der Waals surface area (Å²) in [4.78, 5) is 4.79. The van der Waals surface area contributed by atoms with E-state index in [1.807, 2.05) is 6.07 Å². The molecule has 0 aromatic heterocycles. The molecule has 0 amide bonds. The molecule has 2 aliphatic rings. The van der Waals surface area contributed by atoms with Crippen LogP contribution in [0.1, 0.15) is 51.5 Å². The summed E-state index contributed by atoms with van der Waals surface area (Å²) in [5, 5.41) is 10.2. The van der Waals surface area contributed by atoms with Gasteiger partial charge in [-0.2, -0.15) is 0 Å². The SMILES string of the molecule is CCN(CC)C[C@@H](O)COc1ccc(CN2CCC3(CCCC3)C2)cc1OC. The maximum absolute atomic E-state index is 10.2. The summed E-state index contributed by atoms with van der Waals surface area (Å²) >= 11 is 0. The Bertz CT molecular complexity index is 612. The van der Waals surface area contributed by atoms with Crippen LogP contribution in [-0.4, -0.2) is 67.5 Å². The number of nitrogens with zero attached hydrogens (tertiary/aromatic N) is 2. The van der Waals surface area contributed by atoms with Gasteiger partial charge < -0.3 is 19.5 Å². The van der Waals surface area contributed by atoms with Crippen molar-refractivity contribution in [1.82, 2.24) is 9.80 Å². The summed E-state index contributed by atoms with van der Waals surface area (Å²) in [5.74, 6) is 1.46. The van der Waals surface area contributed by atoms with Crippen LogP contribution in [0.15, 0.2) is 18.2 Å². The lowest BCUT2D eigenvalue weighted by molar-refractivity contribution is 0.0705. The van der Waals surface area contributed by atoms with E-state index in [0.29, 0.717) is 17.7 Å². The Hall–Kier alpha value is -1.30. The van der Waals surface area contributed by atoms with Crippen LogP contribution in [0.4, 0.5) is 0 Å². The van der Waals surface area contributed by atoms with Gasteiger partial charge in [0.2, 0.25) is 0 Å². The third-order valence-electron chi connectivity index (χ3n) is 6.61. The molecular weight excluding hydrogens is 352 g/mol. The van der Waals surface area contributed by atoms with Gasteiger partial charge in [0.05, 0.1) is 7.11 Å². The zero-order valence-corrected chi connectivity index (χ0v) is 18.0. The lowest BCUT2D eigenvalue weighted by Gasteiger charge is -2.24. The summed E-state index contributed by atoms with van der Waals surface area (Å²) in [5.41, 5.74) is 1.87. The molecule has 1 heterocycles. The molecule has 0 radical (unpaired) electrons. The number of likely N-dealkylation sites (tertiary alicyclic amines) is 1. The Morgan fingerprint density at radius 1 is 1.14 bits per heavy atom. The molecule has 28 heavy (non-hydrogen) atoms. The van der Waals surface area contributed by atoms with Crippen molar-refractivity contribution >= 4 is 0 Å². The van der Waals surface area contributed by atoms with Gasteiger partial charge in [-0.3, -0.25) is 4.90 Å². The second-order valence-corrected chi connectivity index (χ2v) is 8.60. The van der Waals surface area contributed by atoms with E-state index in [9.17, 15) is 5.11 Å². The predicted octanol–water partition coefficient (Wildman–Crippen LogP) is 3.54. The highest BCUT2D eigenvalue weighted by Crippen LogP contribution is 2.45. The van der Waals surface area contributed by atoms with Gasteiger partial charge in [0.25, 0.3) is 0 Å². The van der Waals surface area contributed by atoms with Gasteiger partial charge in [-0.1, -0.05) is 32.8 Å². The van der Waals surface area contributed by atoms with Crippen molar-refractivity contribution in [3.63, 3.8) is 0 Å². The summed E-state index contributed by atoms with van der Waals surface area (Å²) in [6.45, 7) is 10.4. The average molecular weight is 391 g/mol. The van der Waals surface area contributed by atoms with E-state index in [0.717, 1.165) is 25.4 Å². The molecule has 1 saturated heterocycles. The molecule has 0 bridgehead atoms. The van der Waals surface area contributed by atoms with Crippen LogP contribution in [0.5, 0.6) is 11.5 Å². The molecule has 1 spiro atoms. The minimum Gasteiger partial charge on any atom is -0.493 e. The number of aliphatic hydroxyl groups excluding tert-OH is 1. The summed E-state index contributed by atoms with van der Waals surface area (Å²) < 4.78 is 11.4. The third kappa shape index (κ3) is 5.40. The van der Waals surface area contributed by atoms with E-state index in [2.05, 4.69) is 35.8 Å². The van der Waals surface area contributed by atoms with Crippen molar-refractivity contribution in [2.45, 2.75) is 58.6 Å². The van der Waals surface area contributed by atoms with Crippen LogP contribution in [0, 0.1) is 5.41 Å². The van der Waals surface area contributed by atoms with Gasteiger partial charge in [0.15, 0.2) is 11.5 Å². The maximum Gasteiger partial charge on any atom is 0.161 e. The Labute approximate surface area is 170 Å². The highest BCUT2D eigenvalue weighted by molar-refractivity contribution is 5.43. The smallest absolute Gasteiger partial charge is 0.161 e. The largest absolute Gasteiger partial charge is 0.493 e. The van der Waals surface area contributed by atoms with Gasteiger partial charge in [0.1, 0.15) is 12.7 Å². The van der Waals surface area contributed by atoms with Gasteiger partial charge in [-0.15, -0.1) is 0 Å². The second kappa shape index (κ2) is 9.95. The van der Waals surface area contributed by atoms with Crippen LogP contribution >= 0.6 is 0 Å². The van der Waals surface area contributed by atoms with Gasteiger partial charge in [0, 0.05) is 19.6 Å². The highest BCUT2D eigenvalue weighted by atomic mass is 16.5. The van der Waals surface area contributed by atoms with E-state index in [1.165, 1.54) is 50.8 Å². The Morgan fingerprint density at radius 2 is 1.89 bits per heavy atom. The standard InChI is InChI=1S/C23H38N2O3/c1-4-24(5-2)16-20(26)17-28-21-9-8-19(14-22(21)27-3)15-25-13-12-23(18-25)10-6-7-11-23/h8-9,14,20,26H,4-7,10-13,15-18H2,1-3H3/t20-/m1/s1. The number of likely N-dealkylation sites (N-methyl/N-ethyl adjacent to an activating group) is 1. The van der Waals surface area contributed by atoms with Crippen molar-refractivity contribution < 1.29 is 14.6 Å². The molecule has 1 saturated carbocycles. The first kappa shape index (κ1) is 21.4. The Balaban J connectivity index is 1.53.